The van der Waals surface area contributed by atoms with Crippen LogP contribution in [0.1, 0.15) is 120 Å². The van der Waals surface area contributed by atoms with E-state index >= 15 is 0 Å². The van der Waals surface area contributed by atoms with Crippen LogP contribution in [-0.2, 0) is 4.74 Å². The van der Waals surface area contributed by atoms with Crippen molar-refractivity contribution in [3.05, 3.63) is 34.9 Å². The van der Waals surface area contributed by atoms with Gasteiger partial charge in [-0.25, -0.2) is 4.79 Å². The molecule has 0 fully saturated rings. The van der Waals surface area contributed by atoms with Gasteiger partial charge in [0.2, 0.25) is 0 Å². The number of hydrogen-bond donors (Lipinski definition) is 0. The summed E-state index contributed by atoms with van der Waals surface area (Å²) < 4.78 is 5.31. The van der Waals surface area contributed by atoms with E-state index in [1.54, 1.807) is 24.3 Å². The number of unbranched alkanes of at least 4 members (excludes halogenated alkanes) is 15. The van der Waals surface area contributed by atoms with Crippen molar-refractivity contribution in [2.24, 2.45) is 0 Å². The van der Waals surface area contributed by atoms with Gasteiger partial charge in [-0.2, -0.15) is 0 Å². The van der Waals surface area contributed by atoms with E-state index in [2.05, 4.69) is 6.92 Å². The minimum Gasteiger partial charge on any atom is -0.462 e. The smallest absolute Gasteiger partial charge is 0.338 e. The Morgan fingerprint density at radius 1 is 0.679 bits per heavy atom. The molecule has 0 saturated carbocycles. The standard InChI is InChI=1S/C25H41ClO2/c1-2-3-4-5-6-7-8-9-10-11-12-13-14-15-16-17-22-28-25(27)23-18-20-24(26)21-19-23/h18-21H,2-17,22H2,1H3. The molecular formula is C25H41ClO2. The largest absolute Gasteiger partial charge is 0.462 e. The molecule has 0 spiro atoms. The van der Waals surface area contributed by atoms with Gasteiger partial charge in [-0.05, 0) is 30.7 Å². The lowest BCUT2D eigenvalue weighted by atomic mass is 10.0. The Kier molecular flexibility index (Phi) is 16.1. The van der Waals surface area contributed by atoms with Crippen LogP contribution in [-0.4, -0.2) is 12.6 Å². The van der Waals surface area contributed by atoms with Crippen molar-refractivity contribution in [2.75, 3.05) is 6.61 Å². The summed E-state index contributed by atoms with van der Waals surface area (Å²) in [6, 6.07) is 6.84. The molecule has 2 nitrogen and oxygen atoms in total. The highest BCUT2D eigenvalue weighted by Gasteiger charge is 2.06. The number of ether oxygens (including phenoxy) is 1. The molecule has 0 saturated heterocycles. The highest BCUT2D eigenvalue weighted by atomic mass is 35.5. The maximum atomic E-state index is 11.9. The second kappa shape index (κ2) is 18.0. The lowest BCUT2D eigenvalue weighted by Crippen LogP contribution is -2.06. The Labute approximate surface area is 178 Å². The van der Waals surface area contributed by atoms with Gasteiger partial charge < -0.3 is 4.74 Å². The van der Waals surface area contributed by atoms with Crippen LogP contribution in [0.2, 0.25) is 5.02 Å². The van der Waals surface area contributed by atoms with E-state index in [1.165, 1.54) is 89.9 Å². The average molecular weight is 409 g/mol. The normalized spacial score (nSPS) is 10.9. The van der Waals surface area contributed by atoms with E-state index in [1.807, 2.05) is 0 Å². The molecule has 1 rings (SSSR count). The van der Waals surface area contributed by atoms with Crippen molar-refractivity contribution in [3.8, 4) is 0 Å². The fraction of sp³-hybridized carbons (Fsp3) is 0.720. The third-order valence-corrected chi connectivity index (χ3v) is 5.56. The van der Waals surface area contributed by atoms with Gasteiger partial charge in [0, 0.05) is 5.02 Å². The summed E-state index contributed by atoms with van der Waals surface area (Å²) in [4.78, 5) is 11.9. The molecule has 0 heterocycles. The molecule has 0 radical (unpaired) electrons. The first-order valence-electron chi connectivity index (χ1n) is 11.7. The van der Waals surface area contributed by atoms with Crippen LogP contribution < -0.4 is 0 Å². The molecule has 0 N–H and O–H groups in total. The zero-order valence-electron chi connectivity index (χ0n) is 18.0. The summed E-state index contributed by atoms with van der Waals surface area (Å²) in [5.41, 5.74) is 0.570. The molecular weight excluding hydrogens is 368 g/mol. The summed E-state index contributed by atoms with van der Waals surface area (Å²) in [6.45, 7) is 2.79. The fourth-order valence-electron chi connectivity index (χ4n) is 3.48. The third-order valence-electron chi connectivity index (χ3n) is 5.31. The summed E-state index contributed by atoms with van der Waals surface area (Å²) in [5, 5.41) is 0.634. The van der Waals surface area contributed by atoms with Crippen molar-refractivity contribution < 1.29 is 9.53 Å². The number of esters is 1. The van der Waals surface area contributed by atoms with Crippen molar-refractivity contribution >= 4 is 17.6 Å². The van der Waals surface area contributed by atoms with Crippen LogP contribution >= 0.6 is 11.6 Å². The zero-order valence-corrected chi connectivity index (χ0v) is 18.8. The molecule has 0 unspecified atom stereocenters. The number of carbonyl (C=O) groups excluding carboxylic acids is 1. The van der Waals surface area contributed by atoms with Gasteiger partial charge in [0.05, 0.1) is 12.2 Å². The number of benzene rings is 1. The van der Waals surface area contributed by atoms with E-state index in [0.717, 1.165) is 12.8 Å². The van der Waals surface area contributed by atoms with E-state index < -0.39 is 0 Å². The highest BCUT2D eigenvalue weighted by Crippen LogP contribution is 2.14. The number of halogens is 1. The third kappa shape index (κ3) is 14.0. The topological polar surface area (TPSA) is 26.3 Å². The van der Waals surface area contributed by atoms with E-state index in [0.29, 0.717) is 17.2 Å². The predicted octanol–water partition coefficient (Wildman–Crippen LogP) is 8.76. The van der Waals surface area contributed by atoms with Crippen molar-refractivity contribution in [1.29, 1.82) is 0 Å². The van der Waals surface area contributed by atoms with Gasteiger partial charge in [0.15, 0.2) is 0 Å². The number of carbonyl (C=O) groups is 1. The molecule has 0 amide bonds. The van der Waals surface area contributed by atoms with Crippen molar-refractivity contribution in [3.63, 3.8) is 0 Å². The first-order chi connectivity index (χ1) is 13.7. The molecule has 3 heteroatoms. The molecule has 0 aliphatic rings. The summed E-state index contributed by atoms with van der Waals surface area (Å²) >= 11 is 5.82. The first-order valence-corrected chi connectivity index (χ1v) is 12.0. The Morgan fingerprint density at radius 3 is 1.50 bits per heavy atom. The van der Waals surface area contributed by atoms with Gasteiger partial charge in [-0.1, -0.05) is 115 Å². The molecule has 1 aromatic rings. The second-order valence-corrected chi connectivity index (χ2v) is 8.38. The van der Waals surface area contributed by atoms with Crippen LogP contribution in [0.4, 0.5) is 0 Å². The van der Waals surface area contributed by atoms with Crippen molar-refractivity contribution in [2.45, 2.75) is 110 Å². The monoisotopic (exact) mass is 408 g/mol. The molecule has 0 aliphatic heterocycles. The van der Waals surface area contributed by atoms with E-state index in [9.17, 15) is 4.79 Å². The second-order valence-electron chi connectivity index (χ2n) is 7.95. The lowest BCUT2D eigenvalue weighted by Gasteiger charge is -2.05. The Bertz CT molecular complexity index is 484. The summed E-state index contributed by atoms with van der Waals surface area (Å²) in [7, 11) is 0. The van der Waals surface area contributed by atoms with Gasteiger partial charge in [-0.15, -0.1) is 0 Å². The minimum absolute atomic E-state index is 0.252. The Morgan fingerprint density at radius 2 is 1.07 bits per heavy atom. The van der Waals surface area contributed by atoms with Gasteiger partial charge in [0.1, 0.15) is 0 Å². The summed E-state index contributed by atoms with van der Waals surface area (Å²) in [5.74, 6) is -0.252. The predicted molar refractivity (Wildman–Crippen MR) is 121 cm³/mol. The highest BCUT2D eigenvalue weighted by molar-refractivity contribution is 6.30. The number of rotatable bonds is 18. The quantitative estimate of drug-likeness (QED) is 0.179. The fourth-order valence-corrected chi connectivity index (χ4v) is 3.61. The first kappa shape index (κ1) is 25.0. The van der Waals surface area contributed by atoms with Gasteiger partial charge >= 0.3 is 5.97 Å². The molecule has 0 aromatic heterocycles. The molecule has 28 heavy (non-hydrogen) atoms. The van der Waals surface area contributed by atoms with Gasteiger partial charge in [0.25, 0.3) is 0 Å². The van der Waals surface area contributed by atoms with Gasteiger partial charge in [-0.3, -0.25) is 0 Å². The maximum Gasteiger partial charge on any atom is 0.338 e. The van der Waals surface area contributed by atoms with Crippen LogP contribution in [0.25, 0.3) is 0 Å². The zero-order chi connectivity index (χ0) is 20.3. The minimum atomic E-state index is -0.252. The van der Waals surface area contributed by atoms with E-state index in [4.69, 9.17) is 16.3 Å². The van der Waals surface area contributed by atoms with Crippen LogP contribution in [0.3, 0.4) is 0 Å². The SMILES string of the molecule is CCCCCCCCCCCCCCCCCCOC(=O)c1ccc(Cl)cc1. The van der Waals surface area contributed by atoms with Crippen LogP contribution in [0.15, 0.2) is 24.3 Å². The molecule has 160 valence electrons. The Balaban J connectivity index is 1.78. The average Bonchev–Trinajstić information content (AvgIpc) is 2.70. The molecule has 0 aliphatic carbocycles. The van der Waals surface area contributed by atoms with E-state index in [-0.39, 0.29) is 5.97 Å². The number of hydrogen-bond acceptors (Lipinski definition) is 2. The maximum absolute atomic E-state index is 11.9. The molecule has 0 atom stereocenters. The lowest BCUT2D eigenvalue weighted by molar-refractivity contribution is 0.0497. The van der Waals surface area contributed by atoms with Crippen molar-refractivity contribution in [1.82, 2.24) is 0 Å². The molecule has 1 aromatic carbocycles. The van der Waals surface area contributed by atoms with Crippen LogP contribution in [0.5, 0.6) is 0 Å². The summed E-state index contributed by atoms with van der Waals surface area (Å²) in [6.07, 6.45) is 21.5. The molecule has 0 bridgehead atoms. The van der Waals surface area contributed by atoms with Crippen LogP contribution in [0, 0.1) is 0 Å². The Hall–Kier alpha value is -1.02.